The van der Waals surface area contributed by atoms with Crippen molar-refractivity contribution in [3.05, 3.63) is 40.6 Å². The normalized spacial score (nSPS) is 24.3. The van der Waals surface area contributed by atoms with Crippen molar-refractivity contribution < 1.29 is 13.9 Å². The second kappa shape index (κ2) is 6.25. The van der Waals surface area contributed by atoms with Crippen LogP contribution in [0.1, 0.15) is 18.4 Å². The molecule has 2 saturated heterocycles. The third-order valence-corrected chi connectivity index (χ3v) is 4.85. The van der Waals surface area contributed by atoms with Gasteiger partial charge in [-0.25, -0.2) is 4.39 Å². The van der Waals surface area contributed by atoms with E-state index in [1.165, 1.54) is 17.8 Å². The number of nitrogens with zero attached hydrogens (tertiary/aromatic N) is 1. The van der Waals surface area contributed by atoms with Crippen LogP contribution in [-0.2, 0) is 9.53 Å². The zero-order valence-corrected chi connectivity index (χ0v) is 12.9. The molecule has 0 spiro atoms. The van der Waals surface area contributed by atoms with Crippen LogP contribution in [0, 0.1) is 5.82 Å². The lowest BCUT2D eigenvalue weighted by Crippen LogP contribution is -2.35. The van der Waals surface area contributed by atoms with E-state index in [1.54, 1.807) is 29.2 Å². The summed E-state index contributed by atoms with van der Waals surface area (Å²) in [5.41, 5.74) is 0.398. The molecular weight excluding hydrogens is 309 g/mol. The van der Waals surface area contributed by atoms with E-state index in [2.05, 4.69) is 0 Å². The van der Waals surface area contributed by atoms with E-state index < -0.39 is 0 Å². The van der Waals surface area contributed by atoms with Crippen molar-refractivity contribution in [2.45, 2.75) is 18.9 Å². The Hall–Kier alpha value is -1.24. The van der Waals surface area contributed by atoms with Gasteiger partial charge in [-0.2, -0.15) is 0 Å². The van der Waals surface area contributed by atoms with Gasteiger partial charge in [-0.15, -0.1) is 0 Å². The molecule has 1 aromatic carbocycles. The smallest absolute Gasteiger partial charge is 0.266 e. The molecular formula is C15H14FNO2S2. The molecule has 2 aliphatic heterocycles. The van der Waals surface area contributed by atoms with Gasteiger partial charge >= 0.3 is 0 Å². The Balaban J connectivity index is 1.78. The molecule has 2 fully saturated rings. The van der Waals surface area contributed by atoms with Crippen LogP contribution in [0.3, 0.4) is 0 Å². The lowest BCUT2D eigenvalue weighted by molar-refractivity contribution is -0.123. The summed E-state index contributed by atoms with van der Waals surface area (Å²) >= 11 is 6.47. The highest BCUT2D eigenvalue weighted by atomic mass is 32.2. The minimum absolute atomic E-state index is 0.0558. The number of carbonyl (C=O) groups excluding carboxylic acids is 1. The molecule has 0 aromatic heterocycles. The first-order valence-electron chi connectivity index (χ1n) is 6.76. The fourth-order valence-electron chi connectivity index (χ4n) is 2.38. The van der Waals surface area contributed by atoms with Crippen LogP contribution in [0.15, 0.2) is 29.2 Å². The van der Waals surface area contributed by atoms with Gasteiger partial charge in [0.2, 0.25) is 0 Å². The second-order valence-corrected chi connectivity index (χ2v) is 6.62. The van der Waals surface area contributed by atoms with Gasteiger partial charge in [-0.05, 0) is 25.0 Å². The Morgan fingerprint density at radius 3 is 3.00 bits per heavy atom. The highest BCUT2D eigenvalue weighted by molar-refractivity contribution is 8.26. The molecule has 2 aliphatic rings. The van der Waals surface area contributed by atoms with E-state index in [1.807, 2.05) is 0 Å². The van der Waals surface area contributed by atoms with Crippen molar-refractivity contribution >= 4 is 40.3 Å². The van der Waals surface area contributed by atoms with E-state index in [0.717, 1.165) is 19.4 Å². The molecule has 110 valence electrons. The number of ether oxygens (including phenoxy) is 1. The van der Waals surface area contributed by atoms with E-state index >= 15 is 0 Å². The van der Waals surface area contributed by atoms with Crippen molar-refractivity contribution in [2.24, 2.45) is 0 Å². The first-order valence-corrected chi connectivity index (χ1v) is 7.99. The van der Waals surface area contributed by atoms with Gasteiger partial charge in [-0.3, -0.25) is 9.69 Å². The Bertz CT molecular complexity index is 611. The van der Waals surface area contributed by atoms with Gasteiger partial charge in [0, 0.05) is 12.2 Å². The number of thiocarbonyl (C=S) groups is 1. The third-order valence-electron chi connectivity index (χ3n) is 3.48. The van der Waals surface area contributed by atoms with E-state index in [9.17, 15) is 9.18 Å². The molecule has 0 unspecified atom stereocenters. The fraction of sp³-hybridized carbons (Fsp3) is 0.333. The number of rotatable bonds is 3. The van der Waals surface area contributed by atoms with Gasteiger partial charge in [-0.1, -0.05) is 42.2 Å². The van der Waals surface area contributed by atoms with Crippen molar-refractivity contribution in [3.63, 3.8) is 0 Å². The lowest BCUT2D eigenvalue weighted by atomic mass is 10.2. The highest BCUT2D eigenvalue weighted by Crippen LogP contribution is 2.33. The highest BCUT2D eigenvalue weighted by Gasteiger charge is 2.34. The Morgan fingerprint density at radius 2 is 2.29 bits per heavy atom. The quantitative estimate of drug-likeness (QED) is 0.631. The molecule has 1 atom stereocenters. The minimum atomic E-state index is -0.345. The SMILES string of the molecule is O=C1/C(=C\c2ccccc2F)SC(=S)N1C[C@H]1CCCO1. The van der Waals surface area contributed by atoms with Crippen LogP contribution >= 0.6 is 24.0 Å². The van der Waals surface area contributed by atoms with Crippen LogP contribution < -0.4 is 0 Å². The molecule has 3 rings (SSSR count). The monoisotopic (exact) mass is 323 g/mol. The summed E-state index contributed by atoms with van der Waals surface area (Å²) in [5, 5.41) is 0. The van der Waals surface area contributed by atoms with Gasteiger partial charge < -0.3 is 4.74 Å². The number of hydrogen-bond donors (Lipinski definition) is 0. The minimum Gasteiger partial charge on any atom is -0.376 e. The number of amides is 1. The summed E-state index contributed by atoms with van der Waals surface area (Å²) in [6, 6.07) is 6.37. The number of hydrogen-bond acceptors (Lipinski definition) is 4. The topological polar surface area (TPSA) is 29.5 Å². The maximum absolute atomic E-state index is 13.7. The summed E-state index contributed by atoms with van der Waals surface area (Å²) in [4.78, 5) is 14.4. The Labute approximate surface area is 132 Å². The van der Waals surface area contributed by atoms with Crippen molar-refractivity contribution in [1.82, 2.24) is 4.90 Å². The standard InChI is InChI=1S/C15H14FNO2S2/c16-12-6-2-1-4-10(12)8-13-14(18)17(15(20)21-13)9-11-5-3-7-19-11/h1-2,4,6,8,11H,3,5,7,9H2/b13-8+/t11-/m1/s1. The molecule has 3 nitrogen and oxygen atoms in total. The number of halogens is 1. The third kappa shape index (κ3) is 3.17. The predicted octanol–water partition coefficient (Wildman–Crippen LogP) is 3.21. The van der Waals surface area contributed by atoms with Gasteiger partial charge in [0.1, 0.15) is 10.1 Å². The molecule has 0 N–H and O–H groups in total. The maximum Gasteiger partial charge on any atom is 0.266 e. The van der Waals surface area contributed by atoms with Crippen LogP contribution in [-0.4, -0.2) is 34.4 Å². The molecule has 0 aliphatic carbocycles. The Morgan fingerprint density at radius 1 is 1.48 bits per heavy atom. The van der Waals surface area contributed by atoms with Crippen molar-refractivity contribution in [1.29, 1.82) is 0 Å². The average molecular weight is 323 g/mol. The van der Waals surface area contributed by atoms with E-state index in [-0.39, 0.29) is 17.8 Å². The van der Waals surface area contributed by atoms with Crippen LogP contribution in [0.5, 0.6) is 0 Å². The van der Waals surface area contributed by atoms with Gasteiger partial charge in [0.15, 0.2) is 0 Å². The summed E-state index contributed by atoms with van der Waals surface area (Å²) in [7, 11) is 0. The molecule has 1 amide bonds. The van der Waals surface area contributed by atoms with Crippen molar-refractivity contribution in [2.75, 3.05) is 13.2 Å². The number of carbonyl (C=O) groups is 1. The number of benzene rings is 1. The fourth-order valence-corrected chi connectivity index (χ4v) is 3.65. The first-order chi connectivity index (χ1) is 10.1. The molecule has 21 heavy (non-hydrogen) atoms. The summed E-state index contributed by atoms with van der Waals surface area (Å²) in [6.07, 6.45) is 3.58. The zero-order valence-electron chi connectivity index (χ0n) is 11.3. The van der Waals surface area contributed by atoms with E-state index in [4.69, 9.17) is 17.0 Å². The summed E-state index contributed by atoms with van der Waals surface area (Å²) in [6.45, 7) is 1.23. The molecule has 2 heterocycles. The number of thioether (sulfide) groups is 1. The predicted molar refractivity (Wildman–Crippen MR) is 85.3 cm³/mol. The maximum atomic E-state index is 13.7. The first kappa shape index (κ1) is 14.7. The molecule has 6 heteroatoms. The van der Waals surface area contributed by atoms with Crippen LogP contribution in [0.4, 0.5) is 4.39 Å². The average Bonchev–Trinajstić information content (AvgIpc) is 3.06. The molecule has 1 aromatic rings. The summed E-state index contributed by atoms with van der Waals surface area (Å²) < 4.78 is 19.7. The summed E-state index contributed by atoms with van der Waals surface area (Å²) in [5.74, 6) is -0.509. The van der Waals surface area contributed by atoms with Gasteiger partial charge in [0.25, 0.3) is 5.91 Å². The molecule has 0 radical (unpaired) electrons. The van der Waals surface area contributed by atoms with Crippen molar-refractivity contribution in [3.8, 4) is 0 Å². The Kier molecular flexibility index (Phi) is 4.37. The molecule has 0 saturated carbocycles. The largest absolute Gasteiger partial charge is 0.376 e. The zero-order chi connectivity index (χ0) is 14.8. The van der Waals surface area contributed by atoms with Crippen LogP contribution in [0.25, 0.3) is 6.08 Å². The van der Waals surface area contributed by atoms with Gasteiger partial charge in [0.05, 0.1) is 17.6 Å². The molecule has 0 bridgehead atoms. The second-order valence-electron chi connectivity index (χ2n) is 4.95. The van der Waals surface area contributed by atoms with E-state index in [0.29, 0.717) is 21.3 Å². The van der Waals surface area contributed by atoms with Crippen LogP contribution in [0.2, 0.25) is 0 Å². The lowest BCUT2D eigenvalue weighted by Gasteiger charge is -2.18.